The normalized spacial score (nSPS) is 12.8. The summed E-state index contributed by atoms with van der Waals surface area (Å²) in [5.41, 5.74) is 8.15. The highest BCUT2D eigenvalue weighted by atomic mass is 15.0. The monoisotopic (exact) mass is 259 g/mol. The fourth-order valence-corrected chi connectivity index (χ4v) is 3.14. The number of aryl methyl sites for hydroxylation is 2. The second-order valence-corrected chi connectivity index (χ2v) is 5.53. The van der Waals surface area contributed by atoms with Crippen molar-refractivity contribution in [3.63, 3.8) is 0 Å². The van der Waals surface area contributed by atoms with Gasteiger partial charge >= 0.3 is 0 Å². The summed E-state index contributed by atoms with van der Waals surface area (Å²) in [6.07, 6.45) is 1.12. The Labute approximate surface area is 119 Å². The Morgan fingerprint density at radius 1 is 0.800 bits per heavy atom. The fraction of sp³-hybridized carbons (Fsp3) is 0.158. The first-order valence-corrected chi connectivity index (χ1v) is 7.18. The lowest BCUT2D eigenvalue weighted by atomic mass is 9.99. The third kappa shape index (κ3) is 1.70. The first kappa shape index (κ1) is 11.5. The van der Waals surface area contributed by atoms with Crippen LogP contribution in [0.15, 0.2) is 60.7 Å². The topological polar surface area (TPSA) is 4.93 Å². The van der Waals surface area contributed by atoms with Crippen LogP contribution in [0.25, 0.3) is 22.5 Å². The summed E-state index contributed by atoms with van der Waals surface area (Å²) < 4.78 is 2.45. The highest BCUT2D eigenvalue weighted by Gasteiger charge is 2.18. The lowest BCUT2D eigenvalue weighted by Crippen LogP contribution is -2.11. The number of hydrogen-bond acceptors (Lipinski definition) is 0. The van der Waals surface area contributed by atoms with E-state index in [9.17, 15) is 0 Å². The van der Waals surface area contributed by atoms with Crippen LogP contribution >= 0.6 is 0 Å². The molecule has 1 aliphatic heterocycles. The molecule has 0 unspecified atom stereocenters. The van der Waals surface area contributed by atoms with Crippen molar-refractivity contribution >= 4 is 0 Å². The summed E-state index contributed by atoms with van der Waals surface area (Å²) in [4.78, 5) is 0. The van der Waals surface area contributed by atoms with Gasteiger partial charge in [-0.3, -0.25) is 0 Å². The minimum Gasteiger partial charge on any atom is -0.340 e. The van der Waals surface area contributed by atoms with E-state index in [-0.39, 0.29) is 0 Å². The van der Waals surface area contributed by atoms with Gasteiger partial charge in [-0.15, -0.1) is 0 Å². The van der Waals surface area contributed by atoms with Crippen LogP contribution in [0.2, 0.25) is 0 Å². The van der Waals surface area contributed by atoms with Crippen molar-refractivity contribution in [3.8, 4) is 22.5 Å². The standard InChI is InChI=1S/C19H17N/c1-14-6-8-16(9-7-14)18-10-11-19-17-5-3-2-4-15(17)12-13-20(18)19/h2-11H,12-13H2,1H3. The van der Waals surface area contributed by atoms with E-state index >= 15 is 0 Å². The van der Waals surface area contributed by atoms with Crippen molar-refractivity contribution in [2.75, 3.05) is 0 Å². The van der Waals surface area contributed by atoms with Crippen molar-refractivity contribution < 1.29 is 0 Å². The van der Waals surface area contributed by atoms with Crippen molar-refractivity contribution in [1.82, 2.24) is 4.57 Å². The van der Waals surface area contributed by atoms with Crippen LogP contribution in [0.3, 0.4) is 0 Å². The van der Waals surface area contributed by atoms with Crippen molar-refractivity contribution in [2.24, 2.45) is 0 Å². The first-order valence-electron chi connectivity index (χ1n) is 7.18. The Hall–Kier alpha value is -2.28. The molecule has 1 aromatic heterocycles. The quantitative estimate of drug-likeness (QED) is 0.597. The molecule has 1 heteroatoms. The number of nitrogens with zero attached hydrogens (tertiary/aromatic N) is 1. The summed E-state index contributed by atoms with van der Waals surface area (Å²) in [6.45, 7) is 3.20. The van der Waals surface area contributed by atoms with Gasteiger partial charge in [-0.1, -0.05) is 54.1 Å². The Bertz CT molecular complexity index is 763. The van der Waals surface area contributed by atoms with Gasteiger partial charge < -0.3 is 4.57 Å². The van der Waals surface area contributed by atoms with Crippen molar-refractivity contribution in [3.05, 3.63) is 71.8 Å². The summed E-state index contributed by atoms with van der Waals surface area (Å²) >= 11 is 0. The van der Waals surface area contributed by atoms with E-state index in [1.807, 2.05) is 0 Å². The SMILES string of the molecule is Cc1ccc(-c2ccc3n2CCc2ccccc2-3)cc1. The summed E-state index contributed by atoms with van der Waals surface area (Å²) in [5.74, 6) is 0. The van der Waals surface area contributed by atoms with E-state index in [4.69, 9.17) is 0 Å². The summed E-state index contributed by atoms with van der Waals surface area (Å²) in [5, 5.41) is 0. The minimum absolute atomic E-state index is 1.07. The molecule has 1 nitrogen and oxygen atoms in total. The molecule has 0 bridgehead atoms. The fourth-order valence-electron chi connectivity index (χ4n) is 3.14. The highest BCUT2D eigenvalue weighted by Crippen LogP contribution is 2.34. The zero-order valence-corrected chi connectivity index (χ0v) is 11.6. The second-order valence-electron chi connectivity index (χ2n) is 5.53. The maximum atomic E-state index is 2.45. The van der Waals surface area contributed by atoms with Crippen LogP contribution in [0.1, 0.15) is 11.1 Å². The molecule has 0 fully saturated rings. The predicted octanol–water partition coefficient (Wildman–Crippen LogP) is 4.69. The lowest BCUT2D eigenvalue weighted by Gasteiger charge is -2.21. The Kier molecular flexibility index (Phi) is 2.53. The van der Waals surface area contributed by atoms with Gasteiger partial charge in [0.05, 0.1) is 0 Å². The predicted molar refractivity (Wildman–Crippen MR) is 83.7 cm³/mol. The van der Waals surface area contributed by atoms with E-state index in [1.165, 1.54) is 33.6 Å². The van der Waals surface area contributed by atoms with E-state index < -0.39 is 0 Å². The molecule has 0 radical (unpaired) electrons. The molecule has 2 heterocycles. The van der Waals surface area contributed by atoms with Crippen molar-refractivity contribution in [1.29, 1.82) is 0 Å². The maximum Gasteiger partial charge on any atom is 0.0488 e. The molecule has 0 amide bonds. The lowest BCUT2D eigenvalue weighted by molar-refractivity contribution is 0.695. The second kappa shape index (κ2) is 4.38. The van der Waals surface area contributed by atoms with Crippen LogP contribution in [0.4, 0.5) is 0 Å². The average Bonchev–Trinajstić information content (AvgIpc) is 2.92. The maximum absolute atomic E-state index is 2.45. The third-order valence-electron chi connectivity index (χ3n) is 4.23. The van der Waals surface area contributed by atoms with Crippen molar-refractivity contribution in [2.45, 2.75) is 19.9 Å². The van der Waals surface area contributed by atoms with Gasteiger partial charge in [0.25, 0.3) is 0 Å². The molecule has 20 heavy (non-hydrogen) atoms. The number of rotatable bonds is 1. The van der Waals surface area contributed by atoms with Gasteiger partial charge in [0, 0.05) is 23.5 Å². The molecule has 4 rings (SSSR count). The number of benzene rings is 2. The largest absolute Gasteiger partial charge is 0.340 e. The highest BCUT2D eigenvalue weighted by molar-refractivity contribution is 5.73. The third-order valence-corrected chi connectivity index (χ3v) is 4.23. The molecule has 0 saturated carbocycles. The molecule has 0 saturated heterocycles. The molecular formula is C19H17N. The molecule has 1 aliphatic rings. The van der Waals surface area contributed by atoms with E-state index in [1.54, 1.807) is 0 Å². The van der Waals surface area contributed by atoms with Crippen LogP contribution in [-0.4, -0.2) is 4.57 Å². The van der Waals surface area contributed by atoms with Crippen LogP contribution in [0.5, 0.6) is 0 Å². The van der Waals surface area contributed by atoms with Gasteiger partial charge in [-0.2, -0.15) is 0 Å². The minimum atomic E-state index is 1.07. The van der Waals surface area contributed by atoms with Crippen LogP contribution in [0, 0.1) is 6.92 Å². The number of aromatic nitrogens is 1. The van der Waals surface area contributed by atoms with Gasteiger partial charge in [0.1, 0.15) is 0 Å². The molecule has 0 aliphatic carbocycles. The van der Waals surface area contributed by atoms with Crippen LogP contribution in [-0.2, 0) is 13.0 Å². The summed E-state index contributed by atoms with van der Waals surface area (Å²) in [7, 11) is 0. The number of fused-ring (bicyclic) bond motifs is 3. The number of hydrogen-bond donors (Lipinski definition) is 0. The van der Waals surface area contributed by atoms with Gasteiger partial charge in [-0.05, 0) is 36.6 Å². The molecule has 98 valence electrons. The molecular weight excluding hydrogens is 242 g/mol. The smallest absolute Gasteiger partial charge is 0.0488 e. The molecule has 0 spiro atoms. The van der Waals surface area contributed by atoms with E-state index in [0.29, 0.717) is 0 Å². The van der Waals surface area contributed by atoms with Crippen LogP contribution < -0.4 is 0 Å². The average molecular weight is 259 g/mol. The Balaban J connectivity index is 1.87. The molecule has 0 N–H and O–H groups in total. The van der Waals surface area contributed by atoms with E-state index in [2.05, 4.69) is 72.2 Å². The van der Waals surface area contributed by atoms with E-state index in [0.717, 1.165) is 13.0 Å². The van der Waals surface area contributed by atoms with Gasteiger partial charge in [-0.25, -0.2) is 0 Å². The molecule has 2 aromatic carbocycles. The molecule has 0 atom stereocenters. The summed E-state index contributed by atoms with van der Waals surface area (Å²) in [6, 6.07) is 22.1. The van der Waals surface area contributed by atoms with Gasteiger partial charge in [0.2, 0.25) is 0 Å². The zero-order chi connectivity index (χ0) is 13.5. The molecule has 3 aromatic rings. The zero-order valence-electron chi connectivity index (χ0n) is 11.6. The first-order chi connectivity index (χ1) is 9.83. The van der Waals surface area contributed by atoms with Gasteiger partial charge in [0.15, 0.2) is 0 Å². The Morgan fingerprint density at radius 2 is 1.55 bits per heavy atom. The Morgan fingerprint density at radius 3 is 2.40 bits per heavy atom.